The molecule has 1 amide bonds. The van der Waals surface area contributed by atoms with E-state index in [1.165, 1.54) is 5.56 Å². The summed E-state index contributed by atoms with van der Waals surface area (Å²) in [6.45, 7) is 2.72. The van der Waals surface area contributed by atoms with Crippen LogP contribution in [0.25, 0.3) is 0 Å². The monoisotopic (exact) mass is 332 g/mol. The van der Waals surface area contributed by atoms with E-state index in [1.807, 2.05) is 55.3 Å². The topological polar surface area (TPSA) is 58.1 Å². The van der Waals surface area contributed by atoms with Gasteiger partial charge in [-0.3, -0.25) is 4.79 Å². The number of nitrogens with one attached hydrogen (secondary N) is 1. The molecular formula is C20H20N4O. The first kappa shape index (κ1) is 16.6. The van der Waals surface area contributed by atoms with E-state index in [-0.39, 0.29) is 5.91 Å². The summed E-state index contributed by atoms with van der Waals surface area (Å²) in [5.41, 5.74) is 2.91. The molecule has 0 spiro atoms. The van der Waals surface area contributed by atoms with E-state index in [2.05, 4.69) is 27.6 Å². The quantitative estimate of drug-likeness (QED) is 0.774. The van der Waals surface area contributed by atoms with Crippen LogP contribution in [0.3, 0.4) is 0 Å². The zero-order valence-corrected chi connectivity index (χ0v) is 14.3. The van der Waals surface area contributed by atoms with Gasteiger partial charge < -0.3 is 10.2 Å². The molecule has 0 saturated carbocycles. The Hall–Kier alpha value is -3.21. The number of carbonyl (C=O) groups is 1. The third kappa shape index (κ3) is 4.41. The molecule has 0 aliphatic carbocycles. The van der Waals surface area contributed by atoms with Gasteiger partial charge in [0.2, 0.25) is 0 Å². The third-order valence-electron chi connectivity index (χ3n) is 3.86. The summed E-state index contributed by atoms with van der Waals surface area (Å²) in [4.78, 5) is 14.2. The van der Waals surface area contributed by atoms with Crippen LogP contribution in [0, 0.1) is 6.92 Å². The Kier molecular flexibility index (Phi) is 5.04. The number of nitrogens with zero attached hydrogens (tertiary/aromatic N) is 3. The minimum Gasteiger partial charge on any atom is -0.354 e. The summed E-state index contributed by atoms with van der Waals surface area (Å²) in [7, 11) is 1.96. The fourth-order valence-electron chi connectivity index (χ4n) is 2.43. The molecule has 0 aliphatic heterocycles. The maximum absolute atomic E-state index is 12.2. The number of benzene rings is 2. The summed E-state index contributed by atoms with van der Waals surface area (Å²) >= 11 is 0. The van der Waals surface area contributed by atoms with E-state index < -0.39 is 0 Å². The standard InChI is InChI=1S/C20H20N4O/c1-15-8-10-17(11-9-15)20(25)21-18-12-13-19(23-22-18)24(2)14-16-6-4-3-5-7-16/h3-13H,14H2,1-2H3,(H,21,22,25). The highest BCUT2D eigenvalue weighted by Gasteiger charge is 2.08. The van der Waals surface area contributed by atoms with Crippen molar-refractivity contribution in [3.8, 4) is 0 Å². The van der Waals surface area contributed by atoms with E-state index >= 15 is 0 Å². The molecule has 1 heterocycles. The number of rotatable bonds is 5. The second kappa shape index (κ2) is 7.57. The Morgan fingerprint density at radius 1 is 0.960 bits per heavy atom. The van der Waals surface area contributed by atoms with Gasteiger partial charge in [0, 0.05) is 19.2 Å². The second-order valence-electron chi connectivity index (χ2n) is 5.94. The molecule has 126 valence electrons. The van der Waals surface area contributed by atoms with Crippen molar-refractivity contribution in [3.63, 3.8) is 0 Å². The number of aromatic nitrogens is 2. The first-order chi connectivity index (χ1) is 12.1. The van der Waals surface area contributed by atoms with Gasteiger partial charge in [0.25, 0.3) is 5.91 Å². The van der Waals surface area contributed by atoms with Gasteiger partial charge in [0.05, 0.1) is 0 Å². The lowest BCUT2D eigenvalue weighted by atomic mass is 10.1. The summed E-state index contributed by atoms with van der Waals surface area (Å²) in [6.07, 6.45) is 0. The number of hydrogen-bond acceptors (Lipinski definition) is 4. The van der Waals surface area contributed by atoms with E-state index in [9.17, 15) is 4.79 Å². The van der Waals surface area contributed by atoms with Gasteiger partial charge in [0.1, 0.15) is 0 Å². The van der Waals surface area contributed by atoms with Crippen molar-refractivity contribution in [3.05, 3.63) is 83.4 Å². The molecule has 25 heavy (non-hydrogen) atoms. The average Bonchev–Trinajstić information content (AvgIpc) is 2.63. The number of anilines is 2. The van der Waals surface area contributed by atoms with Gasteiger partial charge in [-0.1, -0.05) is 48.0 Å². The molecule has 0 bridgehead atoms. The molecule has 3 aromatic rings. The van der Waals surface area contributed by atoms with E-state index in [0.717, 1.165) is 17.9 Å². The first-order valence-corrected chi connectivity index (χ1v) is 8.08. The van der Waals surface area contributed by atoms with Gasteiger partial charge in [-0.2, -0.15) is 0 Å². The van der Waals surface area contributed by atoms with Crippen LogP contribution in [-0.4, -0.2) is 23.2 Å². The van der Waals surface area contributed by atoms with Crippen LogP contribution in [0.4, 0.5) is 11.6 Å². The summed E-state index contributed by atoms with van der Waals surface area (Å²) in [5, 5.41) is 11.1. The van der Waals surface area contributed by atoms with E-state index in [4.69, 9.17) is 0 Å². The van der Waals surface area contributed by atoms with Crippen molar-refractivity contribution in [1.82, 2.24) is 10.2 Å². The number of aryl methyl sites for hydroxylation is 1. The molecule has 0 unspecified atom stereocenters. The fourth-order valence-corrected chi connectivity index (χ4v) is 2.43. The second-order valence-corrected chi connectivity index (χ2v) is 5.94. The molecule has 2 aromatic carbocycles. The number of amides is 1. The lowest BCUT2D eigenvalue weighted by molar-refractivity contribution is 0.102. The highest BCUT2D eigenvalue weighted by Crippen LogP contribution is 2.14. The molecule has 0 aliphatic rings. The number of hydrogen-bond donors (Lipinski definition) is 1. The summed E-state index contributed by atoms with van der Waals surface area (Å²) in [6, 6.07) is 21.2. The predicted molar refractivity (Wildman–Crippen MR) is 99.7 cm³/mol. The molecule has 5 nitrogen and oxygen atoms in total. The van der Waals surface area contributed by atoms with Crippen LogP contribution < -0.4 is 10.2 Å². The minimum atomic E-state index is -0.195. The van der Waals surface area contributed by atoms with E-state index in [0.29, 0.717) is 11.4 Å². The maximum Gasteiger partial charge on any atom is 0.256 e. The van der Waals surface area contributed by atoms with Crippen molar-refractivity contribution in [1.29, 1.82) is 0 Å². The highest BCUT2D eigenvalue weighted by atomic mass is 16.1. The predicted octanol–water partition coefficient (Wildman–Crippen LogP) is 3.67. The Morgan fingerprint density at radius 3 is 2.32 bits per heavy atom. The van der Waals surface area contributed by atoms with Crippen LogP contribution >= 0.6 is 0 Å². The lowest BCUT2D eigenvalue weighted by Crippen LogP contribution is -2.19. The van der Waals surface area contributed by atoms with Gasteiger partial charge in [-0.25, -0.2) is 0 Å². The molecule has 1 N–H and O–H groups in total. The van der Waals surface area contributed by atoms with Crippen molar-refractivity contribution < 1.29 is 4.79 Å². The Labute approximate surface area is 147 Å². The molecule has 1 aromatic heterocycles. The van der Waals surface area contributed by atoms with Crippen molar-refractivity contribution in [2.75, 3.05) is 17.3 Å². The van der Waals surface area contributed by atoms with Gasteiger partial charge in [0.15, 0.2) is 11.6 Å². The van der Waals surface area contributed by atoms with Gasteiger partial charge in [-0.05, 0) is 36.8 Å². The van der Waals surface area contributed by atoms with Crippen LogP contribution in [0.2, 0.25) is 0 Å². The summed E-state index contributed by atoms with van der Waals surface area (Å²) in [5.74, 6) is 0.985. The van der Waals surface area contributed by atoms with Gasteiger partial charge >= 0.3 is 0 Å². The molecule has 0 radical (unpaired) electrons. The normalized spacial score (nSPS) is 10.3. The molecule has 0 fully saturated rings. The Morgan fingerprint density at radius 2 is 1.68 bits per heavy atom. The largest absolute Gasteiger partial charge is 0.354 e. The number of carbonyl (C=O) groups excluding carboxylic acids is 1. The van der Waals surface area contributed by atoms with Crippen molar-refractivity contribution in [2.45, 2.75) is 13.5 Å². The molecule has 3 rings (SSSR count). The minimum absolute atomic E-state index is 0.195. The Balaban J connectivity index is 1.63. The lowest BCUT2D eigenvalue weighted by Gasteiger charge is -2.17. The zero-order valence-electron chi connectivity index (χ0n) is 14.3. The maximum atomic E-state index is 12.2. The third-order valence-corrected chi connectivity index (χ3v) is 3.86. The first-order valence-electron chi connectivity index (χ1n) is 8.08. The zero-order chi connectivity index (χ0) is 17.6. The van der Waals surface area contributed by atoms with Crippen LogP contribution in [0.5, 0.6) is 0 Å². The Bertz CT molecular complexity index is 830. The van der Waals surface area contributed by atoms with Gasteiger partial charge in [-0.15, -0.1) is 10.2 Å². The molecule has 0 atom stereocenters. The molecular weight excluding hydrogens is 312 g/mol. The van der Waals surface area contributed by atoms with E-state index in [1.54, 1.807) is 18.2 Å². The van der Waals surface area contributed by atoms with Crippen LogP contribution in [0.1, 0.15) is 21.5 Å². The SMILES string of the molecule is Cc1ccc(C(=O)Nc2ccc(N(C)Cc3ccccc3)nn2)cc1. The highest BCUT2D eigenvalue weighted by molar-refractivity contribution is 6.03. The molecule has 5 heteroatoms. The summed E-state index contributed by atoms with van der Waals surface area (Å²) < 4.78 is 0. The fraction of sp³-hybridized carbons (Fsp3) is 0.150. The smallest absolute Gasteiger partial charge is 0.256 e. The molecule has 0 saturated heterocycles. The average molecular weight is 332 g/mol. The van der Waals surface area contributed by atoms with Crippen LogP contribution in [-0.2, 0) is 6.54 Å². The van der Waals surface area contributed by atoms with Crippen molar-refractivity contribution in [2.24, 2.45) is 0 Å². The van der Waals surface area contributed by atoms with Crippen molar-refractivity contribution >= 4 is 17.5 Å². The van der Waals surface area contributed by atoms with Crippen LogP contribution in [0.15, 0.2) is 66.7 Å².